The number of piperidine rings is 1. The van der Waals surface area contributed by atoms with E-state index in [0.29, 0.717) is 17.7 Å². The Bertz CT molecular complexity index is 885. The molecule has 1 N–H and O–H groups in total. The molecule has 0 atom stereocenters. The number of amides is 1. The van der Waals surface area contributed by atoms with Gasteiger partial charge in [-0.3, -0.25) is 9.69 Å². The van der Waals surface area contributed by atoms with E-state index in [1.807, 2.05) is 6.07 Å². The first-order chi connectivity index (χ1) is 13.4. The SMILES string of the molecule is Cc1ccc(CN2CCC(=CC(=O)NCc3ccc(F)c(F)c3)CC2)cc1F. The van der Waals surface area contributed by atoms with Crippen LogP contribution in [0.4, 0.5) is 13.2 Å². The van der Waals surface area contributed by atoms with Crippen LogP contribution in [0, 0.1) is 24.4 Å². The lowest BCUT2D eigenvalue weighted by atomic mass is 10.0. The zero-order valence-electron chi connectivity index (χ0n) is 15.8. The molecule has 3 rings (SSSR count). The zero-order valence-corrected chi connectivity index (χ0v) is 15.8. The molecule has 0 spiro atoms. The van der Waals surface area contributed by atoms with Gasteiger partial charge >= 0.3 is 0 Å². The van der Waals surface area contributed by atoms with Crippen molar-refractivity contribution in [2.75, 3.05) is 13.1 Å². The Labute approximate surface area is 162 Å². The molecule has 1 heterocycles. The van der Waals surface area contributed by atoms with E-state index in [2.05, 4.69) is 10.2 Å². The van der Waals surface area contributed by atoms with Gasteiger partial charge in [-0.25, -0.2) is 13.2 Å². The number of hydrogen-bond donors (Lipinski definition) is 1. The van der Waals surface area contributed by atoms with Gasteiger partial charge in [0.1, 0.15) is 5.82 Å². The first-order valence-electron chi connectivity index (χ1n) is 9.29. The maximum Gasteiger partial charge on any atom is 0.244 e. The summed E-state index contributed by atoms with van der Waals surface area (Å²) in [6.07, 6.45) is 3.13. The number of nitrogens with zero attached hydrogens (tertiary/aromatic N) is 1. The Morgan fingerprint density at radius 2 is 1.68 bits per heavy atom. The highest BCUT2D eigenvalue weighted by molar-refractivity contribution is 5.88. The fraction of sp³-hybridized carbons (Fsp3) is 0.318. The number of rotatable bonds is 5. The van der Waals surface area contributed by atoms with Crippen LogP contribution in [0.1, 0.15) is 29.5 Å². The topological polar surface area (TPSA) is 32.3 Å². The van der Waals surface area contributed by atoms with Crippen LogP contribution >= 0.6 is 0 Å². The number of aryl methyl sites for hydroxylation is 1. The summed E-state index contributed by atoms with van der Waals surface area (Å²) in [6.45, 7) is 4.18. The molecular formula is C22H23F3N2O. The van der Waals surface area contributed by atoms with E-state index in [4.69, 9.17) is 0 Å². The number of carbonyl (C=O) groups is 1. The summed E-state index contributed by atoms with van der Waals surface area (Å²) in [5.74, 6) is -2.26. The smallest absolute Gasteiger partial charge is 0.244 e. The predicted molar refractivity (Wildman–Crippen MR) is 102 cm³/mol. The fourth-order valence-electron chi connectivity index (χ4n) is 3.21. The van der Waals surface area contributed by atoms with Crippen molar-refractivity contribution in [2.45, 2.75) is 32.9 Å². The van der Waals surface area contributed by atoms with Gasteiger partial charge in [-0.2, -0.15) is 0 Å². The first-order valence-corrected chi connectivity index (χ1v) is 9.29. The summed E-state index contributed by atoms with van der Waals surface area (Å²) in [5, 5.41) is 2.70. The molecule has 0 aliphatic carbocycles. The Morgan fingerprint density at radius 1 is 1.00 bits per heavy atom. The third kappa shape index (κ3) is 5.45. The van der Waals surface area contributed by atoms with E-state index in [-0.39, 0.29) is 18.3 Å². The molecular weight excluding hydrogens is 365 g/mol. The quantitative estimate of drug-likeness (QED) is 0.777. The van der Waals surface area contributed by atoms with Gasteiger partial charge in [0.25, 0.3) is 0 Å². The van der Waals surface area contributed by atoms with Gasteiger partial charge in [-0.1, -0.05) is 23.8 Å². The van der Waals surface area contributed by atoms with Gasteiger partial charge in [0.2, 0.25) is 5.91 Å². The van der Waals surface area contributed by atoms with Crippen molar-refractivity contribution in [3.05, 3.63) is 82.2 Å². The third-order valence-corrected chi connectivity index (χ3v) is 4.93. The van der Waals surface area contributed by atoms with Crippen LogP contribution < -0.4 is 5.32 Å². The molecule has 3 nitrogen and oxygen atoms in total. The fourth-order valence-corrected chi connectivity index (χ4v) is 3.21. The van der Waals surface area contributed by atoms with Gasteiger partial charge < -0.3 is 5.32 Å². The lowest BCUT2D eigenvalue weighted by molar-refractivity contribution is -0.116. The van der Waals surface area contributed by atoms with E-state index in [1.54, 1.807) is 25.1 Å². The summed E-state index contributed by atoms with van der Waals surface area (Å²) >= 11 is 0. The predicted octanol–water partition coefficient (Wildman–Crippen LogP) is 4.25. The Balaban J connectivity index is 1.46. The number of likely N-dealkylation sites (tertiary alicyclic amines) is 1. The second-order valence-corrected chi connectivity index (χ2v) is 7.13. The van der Waals surface area contributed by atoms with Crippen molar-refractivity contribution in [1.29, 1.82) is 0 Å². The van der Waals surface area contributed by atoms with E-state index in [0.717, 1.165) is 49.2 Å². The van der Waals surface area contributed by atoms with Gasteiger partial charge in [0.05, 0.1) is 0 Å². The molecule has 1 amide bonds. The summed E-state index contributed by atoms with van der Waals surface area (Å²) in [7, 11) is 0. The van der Waals surface area contributed by atoms with Gasteiger partial charge in [0.15, 0.2) is 11.6 Å². The Morgan fingerprint density at radius 3 is 2.36 bits per heavy atom. The minimum atomic E-state index is -0.925. The van der Waals surface area contributed by atoms with E-state index in [1.165, 1.54) is 6.07 Å². The molecule has 1 aliphatic heterocycles. The molecule has 1 aliphatic rings. The molecule has 28 heavy (non-hydrogen) atoms. The number of nitrogens with one attached hydrogen (secondary N) is 1. The van der Waals surface area contributed by atoms with Crippen molar-refractivity contribution in [3.8, 4) is 0 Å². The molecule has 6 heteroatoms. The number of carbonyl (C=O) groups excluding carboxylic acids is 1. The van der Waals surface area contributed by atoms with Gasteiger partial charge in [0, 0.05) is 32.3 Å². The average Bonchev–Trinajstić information content (AvgIpc) is 2.67. The number of halogens is 3. The molecule has 2 aromatic rings. The molecule has 1 fully saturated rings. The van der Waals surface area contributed by atoms with Gasteiger partial charge in [-0.15, -0.1) is 0 Å². The minimum Gasteiger partial charge on any atom is -0.348 e. The van der Waals surface area contributed by atoms with Crippen LogP contribution in [-0.2, 0) is 17.9 Å². The molecule has 2 aromatic carbocycles. The number of benzene rings is 2. The maximum absolute atomic E-state index is 13.7. The molecule has 0 saturated carbocycles. The van der Waals surface area contributed by atoms with Crippen LogP contribution in [0.3, 0.4) is 0 Å². The lowest BCUT2D eigenvalue weighted by Gasteiger charge is -2.28. The van der Waals surface area contributed by atoms with Crippen LogP contribution in [0.2, 0.25) is 0 Å². The highest BCUT2D eigenvalue weighted by atomic mass is 19.2. The normalized spacial score (nSPS) is 14.8. The van der Waals surface area contributed by atoms with Crippen molar-refractivity contribution in [2.24, 2.45) is 0 Å². The lowest BCUT2D eigenvalue weighted by Crippen LogP contribution is -2.31. The summed E-state index contributed by atoms with van der Waals surface area (Å²) in [5.41, 5.74) is 3.14. The second-order valence-electron chi connectivity index (χ2n) is 7.13. The Kier molecular flexibility index (Phi) is 6.52. The maximum atomic E-state index is 13.7. The molecule has 0 bridgehead atoms. The molecule has 0 aromatic heterocycles. The largest absolute Gasteiger partial charge is 0.348 e. The zero-order chi connectivity index (χ0) is 20.1. The highest BCUT2D eigenvalue weighted by Crippen LogP contribution is 2.19. The van der Waals surface area contributed by atoms with E-state index in [9.17, 15) is 18.0 Å². The monoisotopic (exact) mass is 388 g/mol. The standard InChI is InChI=1S/C22H23F3N2O/c1-15-2-3-18(11-20(15)24)14-27-8-6-16(7-9-27)12-22(28)26-13-17-4-5-19(23)21(25)10-17/h2-5,10-12H,6-9,13-14H2,1H3,(H,26,28). The molecule has 1 saturated heterocycles. The summed E-state index contributed by atoms with van der Waals surface area (Å²) in [4.78, 5) is 14.3. The number of hydrogen-bond acceptors (Lipinski definition) is 2. The summed E-state index contributed by atoms with van der Waals surface area (Å²) < 4.78 is 39.8. The summed E-state index contributed by atoms with van der Waals surface area (Å²) in [6, 6.07) is 8.87. The van der Waals surface area contributed by atoms with Crippen molar-refractivity contribution >= 4 is 5.91 Å². The Hall–Kier alpha value is -2.60. The molecule has 0 radical (unpaired) electrons. The first kappa shape index (κ1) is 20.1. The van der Waals surface area contributed by atoms with Crippen LogP contribution in [-0.4, -0.2) is 23.9 Å². The van der Waals surface area contributed by atoms with Gasteiger partial charge in [-0.05, 0) is 54.7 Å². The average molecular weight is 388 g/mol. The van der Waals surface area contributed by atoms with Crippen molar-refractivity contribution in [3.63, 3.8) is 0 Å². The van der Waals surface area contributed by atoms with Crippen LogP contribution in [0.15, 0.2) is 48.0 Å². The van der Waals surface area contributed by atoms with Crippen LogP contribution in [0.5, 0.6) is 0 Å². The van der Waals surface area contributed by atoms with Crippen molar-refractivity contribution in [1.82, 2.24) is 10.2 Å². The molecule has 148 valence electrons. The highest BCUT2D eigenvalue weighted by Gasteiger charge is 2.15. The van der Waals surface area contributed by atoms with E-state index >= 15 is 0 Å². The minimum absolute atomic E-state index is 0.144. The third-order valence-electron chi connectivity index (χ3n) is 4.93. The van der Waals surface area contributed by atoms with Crippen molar-refractivity contribution < 1.29 is 18.0 Å². The van der Waals surface area contributed by atoms with Crippen LogP contribution in [0.25, 0.3) is 0 Å². The second kappa shape index (κ2) is 9.06. The van der Waals surface area contributed by atoms with E-state index < -0.39 is 11.6 Å². The molecule has 0 unspecified atom stereocenters.